The van der Waals surface area contributed by atoms with Crippen molar-refractivity contribution < 1.29 is 9.53 Å². The molecule has 1 aromatic heterocycles. The van der Waals surface area contributed by atoms with Crippen molar-refractivity contribution in [3.05, 3.63) is 18.1 Å². The molecule has 1 aromatic rings. The minimum Gasteiger partial charge on any atom is -0.447 e. The molecule has 0 spiro atoms. The van der Waals surface area contributed by atoms with Crippen LogP contribution in [-0.4, -0.2) is 41.3 Å². The number of carbonyl (C=O) groups excluding carboxylic acids is 1. The number of aromatic nitrogens is 2. The maximum Gasteiger partial charge on any atom is 0.416 e. The highest BCUT2D eigenvalue weighted by molar-refractivity contribution is 5.90. The van der Waals surface area contributed by atoms with Crippen molar-refractivity contribution in [1.82, 2.24) is 15.3 Å². The van der Waals surface area contributed by atoms with Gasteiger partial charge in [0.25, 0.3) is 0 Å². The summed E-state index contributed by atoms with van der Waals surface area (Å²) in [6, 6.07) is 0. The molecule has 108 valence electrons. The van der Waals surface area contributed by atoms with Gasteiger partial charge in [0.1, 0.15) is 6.61 Å². The van der Waals surface area contributed by atoms with Crippen LogP contribution >= 0.6 is 0 Å². The van der Waals surface area contributed by atoms with Crippen LogP contribution < -0.4 is 10.2 Å². The molecule has 1 N–H and O–H groups in total. The number of rotatable bonds is 2. The van der Waals surface area contributed by atoms with Crippen LogP contribution in [0.3, 0.4) is 0 Å². The molecule has 20 heavy (non-hydrogen) atoms. The van der Waals surface area contributed by atoms with E-state index in [4.69, 9.17) is 4.74 Å². The molecule has 2 fully saturated rings. The predicted octanol–water partition coefficient (Wildman–Crippen LogP) is 1.68. The number of hydrogen-bond acceptors (Lipinski definition) is 5. The van der Waals surface area contributed by atoms with E-state index in [1.807, 2.05) is 13.8 Å². The normalized spacial score (nSPS) is 25.6. The van der Waals surface area contributed by atoms with Crippen LogP contribution in [0, 0.1) is 0 Å². The number of nitrogens with one attached hydrogen (secondary N) is 1. The van der Waals surface area contributed by atoms with Gasteiger partial charge >= 0.3 is 6.09 Å². The Morgan fingerprint density at radius 2 is 2.30 bits per heavy atom. The maximum absolute atomic E-state index is 11.9. The summed E-state index contributed by atoms with van der Waals surface area (Å²) in [5.41, 5.74) is 0.569. The zero-order chi connectivity index (χ0) is 14.2. The quantitative estimate of drug-likeness (QED) is 0.890. The molecule has 1 unspecified atom stereocenters. The Balaban J connectivity index is 1.89. The average molecular weight is 276 g/mol. The van der Waals surface area contributed by atoms with Crippen molar-refractivity contribution in [3.8, 4) is 0 Å². The van der Waals surface area contributed by atoms with Crippen LogP contribution in [0.5, 0.6) is 0 Å². The lowest BCUT2D eigenvalue weighted by Crippen LogP contribution is -2.42. The zero-order valence-corrected chi connectivity index (χ0v) is 11.9. The van der Waals surface area contributed by atoms with Gasteiger partial charge in [0.05, 0.1) is 17.4 Å². The van der Waals surface area contributed by atoms with Gasteiger partial charge in [-0.15, -0.1) is 0 Å². The molecule has 1 atom stereocenters. The van der Waals surface area contributed by atoms with E-state index in [0.29, 0.717) is 18.3 Å². The Bertz CT molecular complexity index is 512. The maximum atomic E-state index is 11.9. The van der Waals surface area contributed by atoms with E-state index in [-0.39, 0.29) is 11.6 Å². The average Bonchev–Trinajstić information content (AvgIpc) is 2.73. The fraction of sp³-hybridized carbons (Fsp3) is 0.643. The highest BCUT2D eigenvalue weighted by atomic mass is 16.6. The molecule has 0 aromatic carbocycles. The minimum absolute atomic E-state index is 0.344. The number of amides is 1. The minimum atomic E-state index is -0.380. The molecule has 0 radical (unpaired) electrons. The molecule has 2 aliphatic heterocycles. The fourth-order valence-corrected chi connectivity index (χ4v) is 2.80. The number of ether oxygens (including phenoxy) is 1. The first kappa shape index (κ1) is 13.3. The van der Waals surface area contributed by atoms with Gasteiger partial charge in [-0.05, 0) is 33.2 Å². The van der Waals surface area contributed by atoms with E-state index >= 15 is 0 Å². The predicted molar refractivity (Wildman–Crippen MR) is 74.8 cm³/mol. The van der Waals surface area contributed by atoms with E-state index in [9.17, 15) is 4.79 Å². The third-order valence-electron chi connectivity index (χ3n) is 3.92. The molecule has 6 nitrogen and oxygen atoms in total. The molecule has 2 aliphatic rings. The first-order valence-electron chi connectivity index (χ1n) is 7.07. The highest BCUT2D eigenvalue weighted by Crippen LogP contribution is 2.30. The van der Waals surface area contributed by atoms with Gasteiger partial charge < -0.3 is 10.1 Å². The van der Waals surface area contributed by atoms with Crippen LogP contribution in [0.25, 0.3) is 0 Å². The van der Waals surface area contributed by atoms with Crippen molar-refractivity contribution in [2.45, 2.75) is 38.1 Å². The van der Waals surface area contributed by atoms with Gasteiger partial charge in [-0.25, -0.2) is 9.78 Å². The number of anilines is 1. The lowest BCUT2D eigenvalue weighted by Gasteiger charge is -2.28. The summed E-state index contributed by atoms with van der Waals surface area (Å²) in [5, 5.41) is 3.37. The summed E-state index contributed by atoms with van der Waals surface area (Å²) in [5.74, 6) is 0.957. The molecule has 1 amide bonds. The molecule has 0 saturated carbocycles. The zero-order valence-electron chi connectivity index (χ0n) is 11.9. The molecule has 0 bridgehead atoms. The Kier molecular flexibility index (Phi) is 3.33. The Hall–Kier alpha value is -1.69. The first-order chi connectivity index (χ1) is 9.58. The van der Waals surface area contributed by atoms with Crippen molar-refractivity contribution in [2.24, 2.45) is 0 Å². The summed E-state index contributed by atoms with van der Waals surface area (Å²) >= 11 is 0. The van der Waals surface area contributed by atoms with E-state index in [1.54, 1.807) is 17.3 Å². The monoisotopic (exact) mass is 276 g/mol. The van der Waals surface area contributed by atoms with E-state index in [0.717, 1.165) is 31.6 Å². The third kappa shape index (κ3) is 2.35. The Labute approximate surface area is 118 Å². The van der Waals surface area contributed by atoms with Crippen molar-refractivity contribution in [1.29, 1.82) is 0 Å². The molecule has 3 rings (SSSR count). The van der Waals surface area contributed by atoms with Gasteiger partial charge in [-0.2, -0.15) is 0 Å². The van der Waals surface area contributed by atoms with Gasteiger partial charge in [0.2, 0.25) is 0 Å². The van der Waals surface area contributed by atoms with Gasteiger partial charge in [-0.3, -0.25) is 9.88 Å². The second kappa shape index (κ2) is 5.01. The van der Waals surface area contributed by atoms with Crippen LogP contribution in [-0.2, 0) is 4.74 Å². The lowest BCUT2D eigenvalue weighted by atomic mass is 9.96. The summed E-state index contributed by atoms with van der Waals surface area (Å²) in [4.78, 5) is 22.4. The summed E-state index contributed by atoms with van der Waals surface area (Å²) < 4.78 is 5.13. The molecular formula is C14H20N4O2. The topological polar surface area (TPSA) is 67.3 Å². The number of nitrogens with zero attached hydrogens (tertiary/aromatic N) is 3. The fourth-order valence-electron chi connectivity index (χ4n) is 2.80. The van der Waals surface area contributed by atoms with E-state index < -0.39 is 0 Å². The van der Waals surface area contributed by atoms with Crippen molar-refractivity contribution in [3.63, 3.8) is 0 Å². The summed E-state index contributed by atoms with van der Waals surface area (Å²) in [7, 11) is 0. The van der Waals surface area contributed by atoms with Gasteiger partial charge in [-0.1, -0.05) is 0 Å². The number of carbonyl (C=O) groups is 1. The Morgan fingerprint density at radius 1 is 1.45 bits per heavy atom. The SMILES string of the molecule is CC1(C)COC(=O)N1c1cncc(C2CCCNC2)n1. The summed E-state index contributed by atoms with van der Waals surface area (Å²) in [6.07, 6.45) is 5.35. The Morgan fingerprint density at radius 3 is 2.95 bits per heavy atom. The van der Waals surface area contributed by atoms with Crippen LogP contribution in [0.15, 0.2) is 12.4 Å². The number of piperidine rings is 1. The smallest absolute Gasteiger partial charge is 0.416 e. The second-order valence-corrected chi connectivity index (χ2v) is 6.05. The largest absolute Gasteiger partial charge is 0.447 e. The molecule has 6 heteroatoms. The number of hydrogen-bond donors (Lipinski definition) is 1. The number of cyclic esters (lactones) is 1. The van der Waals surface area contributed by atoms with E-state index in [1.165, 1.54) is 0 Å². The standard InChI is InChI=1S/C14H20N4O2/c1-14(2)9-20-13(19)18(14)12-8-16-7-11(17-12)10-4-3-5-15-6-10/h7-8,10,15H,3-6,9H2,1-2H3. The molecular weight excluding hydrogens is 256 g/mol. The second-order valence-electron chi connectivity index (χ2n) is 6.05. The molecule has 3 heterocycles. The van der Waals surface area contributed by atoms with Gasteiger partial charge in [0, 0.05) is 18.7 Å². The third-order valence-corrected chi connectivity index (χ3v) is 3.92. The first-order valence-corrected chi connectivity index (χ1v) is 7.07. The van der Waals surface area contributed by atoms with Crippen LogP contribution in [0.2, 0.25) is 0 Å². The molecule has 2 saturated heterocycles. The van der Waals surface area contributed by atoms with Crippen LogP contribution in [0.1, 0.15) is 38.3 Å². The van der Waals surface area contributed by atoms with Crippen molar-refractivity contribution in [2.75, 3.05) is 24.6 Å². The van der Waals surface area contributed by atoms with Crippen LogP contribution in [0.4, 0.5) is 10.6 Å². The van der Waals surface area contributed by atoms with Crippen molar-refractivity contribution >= 4 is 11.9 Å². The lowest BCUT2D eigenvalue weighted by molar-refractivity contribution is 0.175. The molecule has 0 aliphatic carbocycles. The summed E-state index contributed by atoms with van der Waals surface area (Å²) in [6.45, 7) is 6.30. The van der Waals surface area contributed by atoms with Gasteiger partial charge in [0.15, 0.2) is 5.82 Å². The van der Waals surface area contributed by atoms with E-state index in [2.05, 4.69) is 15.3 Å². The highest BCUT2D eigenvalue weighted by Gasteiger charge is 2.42.